The van der Waals surface area contributed by atoms with Crippen LogP contribution in [0.25, 0.3) is 9.75 Å². The Morgan fingerprint density at radius 2 is 0.846 bits per heavy atom. The summed E-state index contributed by atoms with van der Waals surface area (Å²) in [4.78, 5) is 2.32. The van der Waals surface area contributed by atoms with E-state index >= 15 is 0 Å². The van der Waals surface area contributed by atoms with Crippen LogP contribution < -0.4 is 27.9 Å². The maximum absolute atomic E-state index is 6.10. The Morgan fingerprint density at radius 1 is 0.538 bits per heavy atom. The summed E-state index contributed by atoms with van der Waals surface area (Å²) in [7, 11) is -3.07. The fourth-order valence-corrected chi connectivity index (χ4v) is 9.99. The molecule has 2 aliphatic rings. The molecular formula is C18H26O4S2Si2. The molecule has 0 saturated carbocycles. The van der Waals surface area contributed by atoms with E-state index in [4.69, 9.17) is 18.9 Å². The second-order valence-corrected chi connectivity index (χ2v) is 21.5. The van der Waals surface area contributed by atoms with Crippen LogP contribution in [-0.2, 0) is 0 Å². The fourth-order valence-electron chi connectivity index (χ4n) is 3.19. The molecule has 0 N–H and O–H groups in total. The topological polar surface area (TPSA) is 36.9 Å². The van der Waals surface area contributed by atoms with Crippen LogP contribution in [0.15, 0.2) is 0 Å². The van der Waals surface area contributed by atoms with Crippen molar-refractivity contribution in [2.75, 3.05) is 26.4 Å². The summed E-state index contributed by atoms with van der Waals surface area (Å²) >= 11 is 3.67. The van der Waals surface area contributed by atoms with E-state index in [0.717, 1.165) is 32.8 Å². The van der Waals surface area contributed by atoms with Crippen molar-refractivity contribution in [3.05, 3.63) is 0 Å². The van der Waals surface area contributed by atoms with Gasteiger partial charge in [-0.05, 0) is 0 Å². The summed E-state index contributed by atoms with van der Waals surface area (Å²) in [6.45, 7) is 16.6. The molecule has 0 amide bonds. The highest BCUT2D eigenvalue weighted by Gasteiger charge is 2.37. The molecule has 2 aromatic rings. The molecule has 4 nitrogen and oxygen atoms in total. The second-order valence-electron chi connectivity index (χ2n) is 8.73. The van der Waals surface area contributed by atoms with Gasteiger partial charge >= 0.3 is 0 Å². The molecule has 0 fully saturated rings. The molecule has 0 spiro atoms. The van der Waals surface area contributed by atoms with Gasteiger partial charge < -0.3 is 18.9 Å². The minimum atomic E-state index is -1.54. The van der Waals surface area contributed by atoms with Gasteiger partial charge in [0.2, 0.25) is 0 Å². The zero-order valence-corrected chi connectivity index (χ0v) is 19.9. The van der Waals surface area contributed by atoms with Gasteiger partial charge in [-0.3, -0.25) is 0 Å². The maximum Gasteiger partial charge on any atom is 0.180 e. The zero-order valence-electron chi connectivity index (χ0n) is 16.3. The van der Waals surface area contributed by atoms with Gasteiger partial charge in [0.15, 0.2) is 23.0 Å². The van der Waals surface area contributed by atoms with E-state index in [2.05, 4.69) is 39.3 Å². The largest absolute Gasteiger partial charge is 0.485 e. The predicted octanol–water partition coefficient (Wildman–Crippen LogP) is 4.11. The molecule has 0 bridgehead atoms. The average Bonchev–Trinajstić information content (AvgIpc) is 3.12. The first-order chi connectivity index (χ1) is 12.2. The molecule has 142 valence electrons. The third kappa shape index (κ3) is 3.00. The molecule has 4 heterocycles. The van der Waals surface area contributed by atoms with E-state index in [-0.39, 0.29) is 0 Å². The van der Waals surface area contributed by atoms with Crippen molar-refractivity contribution < 1.29 is 18.9 Å². The first kappa shape index (κ1) is 18.4. The SMILES string of the molecule is C[Si](C)(C)c1sc(-c2sc([Si](C)(C)C)c3c2OCCO3)c2c1OCCO2. The van der Waals surface area contributed by atoms with Gasteiger partial charge in [0, 0.05) is 9.00 Å². The Morgan fingerprint density at radius 3 is 1.15 bits per heavy atom. The molecule has 0 radical (unpaired) electrons. The highest BCUT2D eigenvalue weighted by atomic mass is 32.1. The fraction of sp³-hybridized carbons (Fsp3) is 0.556. The van der Waals surface area contributed by atoms with Crippen LogP contribution in [0.2, 0.25) is 39.3 Å². The van der Waals surface area contributed by atoms with E-state index in [9.17, 15) is 0 Å². The van der Waals surface area contributed by atoms with E-state index < -0.39 is 16.1 Å². The Balaban J connectivity index is 1.94. The molecule has 26 heavy (non-hydrogen) atoms. The van der Waals surface area contributed by atoms with Gasteiger partial charge in [-0.25, -0.2) is 0 Å². The van der Waals surface area contributed by atoms with E-state index in [0.29, 0.717) is 26.4 Å². The lowest BCUT2D eigenvalue weighted by molar-refractivity contribution is 0.173. The van der Waals surface area contributed by atoms with Crippen LogP contribution in [0.5, 0.6) is 23.0 Å². The third-order valence-corrected chi connectivity index (χ3v) is 13.9. The minimum absolute atomic E-state index is 0.605. The second kappa shape index (κ2) is 6.29. The summed E-state index contributed by atoms with van der Waals surface area (Å²) in [5.41, 5.74) is 0. The molecule has 0 aliphatic carbocycles. The zero-order chi connectivity index (χ0) is 18.7. The first-order valence-electron chi connectivity index (χ1n) is 9.04. The van der Waals surface area contributed by atoms with Gasteiger partial charge in [0.25, 0.3) is 0 Å². The molecule has 2 aromatic heterocycles. The van der Waals surface area contributed by atoms with Crippen molar-refractivity contribution in [1.29, 1.82) is 0 Å². The number of rotatable bonds is 3. The summed E-state index contributed by atoms with van der Waals surface area (Å²) in [5.74, 6) is 3.78. The summed E-state index contributed by atoms with van der Waals surface area (Å²) in [5, 5.41) is 0. The number of thiophene rings is 2. The number of hydrogen-bond acceptors (Lipinski definition) is 6. The lowest BCUT2D eigenvalue weighted by Crippen LogP contribution is -2.37. The highest BCUT2D eigenvalue weighted by molar-refractivity contribution is 7.35. The van der Waals surface area contributed by atoms with Crippen molar-refractivity contribution in [2.45, 2.75) is 39.3 Å². The van der Waals surface area contributed by atoms with E-state index in [1.54, 1.807) is 0 Å². The Hall–Kier alpha value is -0.966. The lowest BCUT2D eigenvalue weighted by atomic mass is 10.3. The van der Waals surface area contributed by atoms with E-state index in [1.807, 2.05) is 22.7 Å². The molecule has 8 heteroatoms. The van der Waals surface area contributed by atoms with Crippen LogP contribution in [0.3, 0.4) is 0 Å². The van der Waals surface area contributed by atoms with Crippen molar-refractivity contribution >= 4 is 47.8 Å². The standard InChI is InChI=1S/C18H26O4S2Si2/c1-25(2,3)17-13-11(19-7-9-21-13)15(23-17)16-12-14(22-10-8-20-12)18(24-16)26(4,5)6/h7-10H2,1-6H3. The van der Waals surface area contributed by atoms with E-state index in [1.165, 1.54) is 9.00 Å². The Bertz CT molecular complexity index is 773. The summed E-state index contributed by atoms with van der Waals surface area (Å²) in [6.07, 6.45) is 0. The normalized spacial score (nSPS) is 16.7. The van der Waals surface area contributed by atoms with Gasteiger partial charge in [0.05, 0.1) is 25.9 Å². The first-order valence-corrected chi connectivity index (χ1v) is 17.7. The summed E-state index contributed by atoms with van der Waals surface area (Å²) < 4.78 is 27.1. The smallest absolute Gasteiger partial charge is 0.180 e. The Labute approximate surface area is 165 Å². The predicted molar refractivity (Wildman–Crippen MR) is 116 cm³/mol. The van der Waals surface area contributed by atoms with Crippen molar-refractivity contribution in [2.24, 2.45) is 0 Å². The minimum Gasteiger partial charge on any atom is -0.485 e. The lowest BCUT2D eigenvalue weighted by Gasteiger charge is -2.21. The molecule has 0 aromatic carbocycles. The Kier molecular flexibility index (Phi) is 4.45. The van der Waals surface area contributed by atoms with Crippen molar-refractivity contribution in [3.63, 3.8) is 0 Å². The van der Waals surface area contributed by atoms with Crippen molar-refractivity contribution in [1.82, 2.24) is 0 Å². The molecule has 4 rings (SSSR count). The van der Waals surface area contributed by atoms with Gasteiger partial charge in [-0.2, -0.15) is 0 Å². The number of fused-ring (bicyclic) bond motifs is 2. The van der Waals surface area contributed by atoms with Crippen LogP contribution in [0.4, 0.5) is 0 Å². The summed E-state index contributed by atoms with van der Waals surface area (Å²) in [6, 6.07) is 0. The van der Waals surface area contributed by atoms with Crippen LogP contribution >= 0.6 is 22.7 Å². The van der Waals surface area contributed by atoms with Crippen LogP contribution in [-0.4, -0.2) is 42.6 Å². The molecule has 0 unspecified atom stereocenters. The molecule has 2 aliphatic heterocycles. The molecular weight excluding hydrogens is 401 g/mol. The van der Waals surface area contributed by atoms with Gasteiger partial charge in [-0.1, -0.05) is 39.3 Å². The molecule has 0 saturated heterocycles. The van der Waals surface area contributed by atoms with Crippen LogP contribution in [0, 0.1) is 0 Å². The van der Waals surface area contributed by atoms with Crippen LogP contribution in [0.1, 0.15) is 0 Å². The quantitative estimate of drug-likeness (QED) is 0.692. The third-order valence-electron chi connectivity index (χ3n) is 4.37. The van der Waals surface area contributed by atoms with Crippen molar-refractivity contribution in [3.8, 4) is 32.8 Å². The molecule has 0 atom stereocenters. The monoisotopic (exact) mass is 426 g/mol. The maximum atomic E-state index is 6.10. The number of hydrogen-bond donors (Lipinski definition) is 0. The average molecular weight is 427 g/mol. The van der Waals surface area contributed by atoms with Gasteiger partial charge in [-0.15, -0.1) is 22.7 Å². The highest BCUT2D eigenvalue weighted by Crippen LogP contribution is 2.53. The number of ether oxygens (including phenoxy) is 4. The van der Waals surface area contributed by atoms with Gasteiger partial charge in [0.1, 0.15) is 26.4 Å².